The molecule has 2 rings (SSSR count). The summed E-state index contributed by atoms with van der Waals surface area (Å²) in [7, 11) is -3.74. The van der Waals surface area contributed by atoms with Crippen LogP contribution in [-0.4, -0.2) is 56.1 Å². The first-order valence-corrected chi connectivity index (χ1v) is 8.51. The molecule has 2 N–H and O–H groups in total. The number of rotatable bonds is 8. The van der Waals surface area contributed by atoms with Gasteiger partial charge in [-0.1, -0.05) is 0 Å². The SMILES string of the molecule is O=C(O)C1CCCCN1S(=O)(=O)NCCOCC1CC1. The van der Waals surface area contributed by atoms with E-state index in [4.69, 9.17) is 9.84 Å². The molecule has 1 saturated heterocycles. The molecule has 0 amide bonds. The van der Waals surface area contributed by atoms with Gasteiger partial charge in [-0.05, 0) is 38.0 Å². The molecule has 20 heavy (non-hydrogen) atoms. The minimum Gasteiger partial charge on any atom is -0.480 e. The van der Waals surface area contributed by atoms with E-state index in [-0.39, 0.29) is 13.1 Å². The molecule has 1 heterocycles. The molecule has 2 fully saturated rings. The van der Waals surface area contributed by atoms with E-state index >= 15 is 0 Å². The van der Waals surface area contributed by atoms with Gasteiger partial charge in [0.1, 0.15) is 6.04 Å². The van der Waals surface area contributed by atoms with E-state index in [1.165, 1.54) is 12.8 Å². The molecule has 0 bridgehead atoms. The van der Waals surface area contributed by atoms with Crippen LogP contribution in [-0.2, 0) is 19.7 Å². The predicted molar refractivity (Wildman–Crippen MR) is 72.4 cm³/mol. The lowest BCUT2D eigenvalue weighted by atomic mass is 10.1. The number of aliphatic carboxylic acids is 1. The van der Waals surface area contributed by atoms with Crippen molar-refractivity contribution in [1.29, 1.82) is 0 Å². The fourth-order valence-electron chi connectivity index (χ4n) is 2.30. The Hall–Kier alpha value is -0.700. The summed E-state index contributed by atoms with van der Waals surface area (Å²) in [5, 5.41) is 9.09. The first-order chi connectivity index (χ1) is 9.50. The van der Waals surface area contributed by atoms with Gasteiger partial charge in [-0.15, -0.1) is 0 Å². The summed E-state index contributed by atoms with van der Waals surface area (Å²) in [6, 6.07) is -0.950. The number of carboxylic acid groups (broad SMARTS) is 1. The standard InChI is InChI=1S/C12H22N2O5S/c15-12(16)11-3-1-2-7-14(11)20(17,18)13-6-8-19-9-10-4-5-10/h10-11,13H,1-9H2,(H,15,16). The number of carbonyl (C=O) groups is 1. The minimum atomic E-state index is -3.74. The van der Waals surface area contributed by atoms with E-state index in [1.54, 1.807) is 0 Å². The third kappa shape index (κ3) is 4.41. The van der Waals surface area contributed by atoms with Crippen molar-refractivity contribution in [3.05, 3.63) is 0 Å². The lowest BCUT2D eigenvalue weighted by molar-refractivity contribution is -0.142. The van der Waals surface area contributed by atoms with Gasteiger partial charge in [0.2, 0.25) is 0 Å². The Morgan fingerprint density at radius 1 is 1.30 bits per heavy atom. The molecule has 1 atom stereocenters. The van der Waals surface area contributed by atoms with Crippen LogP contribution >= 0.6 is 0 Å². The Bertz CT molecular complexity index is 435. The van der Waals surface area contributed by atoms with Crippen LogP contribution in [0.4, 0.5) is 0 Å². The highest BCUT2D eigenvalue weighted by molar-refractivity contribution is 7.87. The first-order valence-electron chi connectivity index (χ1n) is 7.07. The maximum Gasteiger partial charge on any atom is 0.322 e. The molecule has 1 unspecified atom stereocenters. The van der Waals surface area contributed by atoms with Gasteiger partial charge in [0, 0.05) is 19.7 Å². The molecule has 2 aliphatic rings. The summed E-state index contributed by atoms with van der Waals surface area (Å²) >= 11 is 0. The number of ether oxygens (including phenoxy) is 1. The second-order valence-electron chi connectivity index (χ2n) is 5.38. The highest BCUT2D eigenvalue weighted by Crippen LogP contribution is 2.28. The van der Waals surface area contributed by atoms with Gasteiger partial charge < -0.3 is 9.84 Å². The van der Waals surface area contributed by atoms with Crippen molar-refractivity contribution >= 4 is 16.2 Å². The Morgan fingerprint density at radius 3 is 2.70 bits per heavy atom. The molecule has 0 aromatic heterocycles. The van der Waals surface area contributed by atoms with Crippen molar-refractivity contribution in [1.82, 2.24) is 9.03 Å². The van der Waals surface area contributed by atoms with Crippen LogP contribution in [0.2, 0.25) is 0 Å². The quantitative estimate of drug-likeness (QED) is 0.624. The molecule has 7 nitrogen and oxygen atoms in total. The zero-order chi connectivity index (χ0) is 14.6. The van der Waals surface area contributed by atoms with Crippen LogP contribution in [0.3, 0.4) is 0 Å². The van der Waals surface area contributed by atoms with Crippen molar-refractivity contribution in [2.75, 3.05) is 26.3 Å². The van der Waals surface area contributed by atoms with Gasteiger partial charge in [-0.25, -0.2) is 0 Å². The van der Waals surface area contributed by atoms with E-state index in [1.807, 2.05) is 0 Å². The second-order valence-corrected chi connectivity index (χ2v) is 7.09. The molecule has 0 spiro atoms. The van der Waals surface area contributed by atoms with Crippen molar-refractivity contribution in [3.8, 4) is 0 Å². The highest BCUT2D eigenvalue weighted by Gasteiger charge is 2.36. The molecule has 1 aliphatic carbocycles. The summed E-state index contributed by atoms with van der Waals surface area (Å²) in [5.74, 6) is -0.440. The van der Waals surface area contributed by atoms with E-state index < -0.39 is 22.2 Å². The van der Waals surface area contributed by atoms with Gasteiger partial charge in [0.05, 0.1) is 6.61 Å². The van der Waals surface area contributed by atoms with Crippen LogP contribution in [0.15, 0.2) is 0 Å². The van der Waals surface area contributed by atoms with Gasteiger partial charge in [-0.3, -0.25) is 4.79 Å². The van der Waals surface area contributed by atoms with Crippen LogP contribution in [0.5, 0.6) is 0 Å². The van der Waals surface area contributed by atoms with E-state index in [0.717, 1.165) is 10.7 Å². The molecular weight excluding hydrogens is 284 g/mol. The normalized spacial score (nSPS) is 24.7. The largest absolute Gasteiger partial charge is 0.480 e. The zero-order valence-corrected chi connectivity index (χ0v) is 12.3. The number of hydrogen-bond acceptors (Lipinski definition) is 4. The van der Waals surface area contributed by atoms with Crippen molar-refractivity contribution in [2.24, 2.45) is 5.92 Å². The van der Waals surface area contributed by atoms with Crippen molar-refractivity contribution in [2.45, 2.75) is 38.1 Å². The van der Waals surface area contributed by atoms with Gasteiger partial charge in [0.15, 0.2) is 0 Å². The van der Waals surface area contributed by atoms with Crippen LogP contribution < -0.4 is 4.72 Å². The van der Waals surface area contributed by atoms with Crippen LogP contribution in [0, 0.1) is 5.92 Å². The third-order valence-corrected chi connectivity index (χ3v) is 5.25. The fraction of sp³-hybridized carbons (Fsp3) is 0.917. The van der Waals surface area contributed by atoms with Crippen LogP contribution in [0.1, 0.15) is 32.1 Å². The monoisotopic (exact) mass is 306 g/mol. The fourth-order valence-corrected chi connectivity index (χ4v) is 3.71. The van der Waals surface area contributed by atoms with Gasteiger partial charge >= 0.3 is 5.97 Å². The Kier molecular flexibility index (Phi) is 5.36. The van der Waals surface area contributed by atoms with E-state index in [9.17, 15) is 13.2 Å². The van der Waals surface area contributed by atoms with Crippen molar-refractivity contribution < 1.29 is 23.1 Å². The Morgan fingerprint density at radius 2 is 2.05 bits per heavy atom. The maximum absolute atomic E-state index is 12.1. The zero-order valence-electron chi connectivity index (χ0n) is 11.5. The number of hydrogen-bond donors (Lipinski definition) is 2. The number of carboxylic acids is 1. The molecule has 1 saturated carbocycles. The Labute approximate surface area is 119 Å². The molecule has 8 heteroatoms. The summed E-state index contributed by atoms with van der Waals surface area (Å²) in [5.41, 5.74) is 0. The third-order valence-electron chi connectivity index (χ3n) is 3.63. The summed E-state index contributed by atoms with van der Waals surface area (Å²) in [6.07, 6.45) is 4.20. The summed E-state index contributed by atoms with van der Waals surface area (Å²) in [4.78, 5) is 11.1. The molecule has 0 aromatic carbocycles. The molecule has 116 valence electrons. The van der Waals surface area contributed by atoms with Crippen LogP contribution in [0.25, 0.3) is 0 Å². The molecular formula is C12H22N2O5S. The number of nitrogens with zero attached hydrogens (tertiary/aromatic N) is 1. The smallest absolute Gasteiger partial charge is 0.322 e. The minimum absolute atomic E-state index is 0.178. The molecule has 1 aliphatic heterocycles. The molecule has 0 aromatic rings. The molecule has 0 radical (unpaired) electrons. The van der Waals surface area contributed by atoms with E-state index in [2.05, 4.69) is 4.72 Å². The lowest BCUT2D eigenvalue weighted by Gasteiger charge is -2.31. The van der Waals surface area contributed by atoms with Gasteiger partial charge in [0.25, 0.3) is 10.2 Å². The number of piperidine rings is 1. The summed E-state index contributed by atoms with van der Waals surface area (Å²) in [6.45, 7) is 1.44. The predicted octanol–water partition coefficient (Wildman–Crippen LogP) is 0.187. The topological polar surface area (TPSA) is 95.9 Å². The lowest BCUT2D eigenvalue weighted by Crippen LogP contribution is -2.52. The van der Waals surface area contributed by atoms with Crippen molar-refractivity contribution in [3.63, 3.8) is 0 Å². The first kappa shape index (κ1) is 15.7. The van der Waals surface area contributed by atoms with Gasteiger partial charge in [-0.2, -0.15) is 17.4 Å². The average molecular weight is 306 g/mol. The highest BCUT2D eigenvalue weighted by atomic mass is 32.2. The Balaban J connectivity index is 1.78. The maximum atomic E-state index is 12.1. The number of nitrogens with one attached hydrogen (secondary N) is 1. The average Bonchev–Trinajstić information content (AvgIpc) is 3.22. The summed E-state index contributed by atoms with van der Waals surface area (Å²) < 4.78 is 33.0. The van der Waals surface area contributed by atoms with E-state index in [0.29, 0.717) is 32.0 Å². The second kappa shape index (κ2) is 6.84.